The molecule has 0 bridgehead atoms. The van der Waals surface area contributed by atoms with E-state index in [1.807, 2.05) is 46.8 Å². The molecule has 2 rings (SSSR count). The lowest BCUT2D eigenvalue weighted by molar-refractivity contribution is -0.135. The predicted molar refractivity (Wildman–Crippen MR) is 103 cm³/mol. The van der Waals surface area contributed by atoms with E-state index in [-0.39, 0.29) is 29.4 Å². The highest BCUT2D eigenvalue weighted by Crippen LogP contribution is 2.18. The van der Waals surface area contributed by atoms with Gasteiger partial charge in [0, 0.05) is 23.8 Å². The summed E-state index contributed by atoms with van der Waals surface area (Å²) in [5.41, 5.74) is 3.33. The minimum atomic E-state index is -0.141. The number of hydrogen-bond donors (Lipinski definition) is 1. The van der Waals surface area contributed by atoms with E-state index in [0.717, 1.165) is 12.0 Å². The third-order valence-corrected chi connectivity index (χ3v) is 4.07. The molecule has 1 atom stereocenters. The van der Waals surface area contributed by atoms with Crippen LogP contribution in [0.4, 0.5) is 0 Å². The van der Waals surface area contributed by atoms with E-state index >= 15 is 0 Å². The SMILES string of the molecule is CC.CC1CCC(=O)NC1=O.CCc1c(C)cccc1C(=O)C(C)C. The largest absolute Gasteiger partial charge is 0.296 e. The zero-order valence-electron chi connectivity index (χ0n) is 16.7. The summed E-state index contributed by atoms with van der Waals surface area (Å²) in [7, 11) is 0. The number of piperidine rings is 1. The Bertz CT molecular complexity index is 591. The van der Waals surface area contributed by atoms with Crippen molar-refractivity contribution in [3.63, 3.8) is 0 Å². The number of carbonyl (C=O) groups excluding carboxylic acids is 3. The Morgan fingerprint density at radius 2 is 1.84 bits per heavy atom. The van der Waals surface area contributed by atoms with Crippen molar-refractivity contribution in [3.8, 4) is 0 Å². The molecule has 1 aromatic carbocycles. The maximum absolute atomic E-state index is 11.9. The molecule has 0 aliphatic carbocycles. The lowest BCUT2D eigenvalue weighted by Crippen LogP contribution is -2.39. The van der Waals surface area contributed by atoms with Gasteiger partial charge in [0.15, 0.2) is 5.78 Å². The Morgan fingerprint density at radius 3 is 2.28 bits per heavy atom. The van der Waals surface area contributed by atoms with Crippen LogP contribution in [0.2, 0.25) is 0 Å². The second-order valence-electron chi connectivity index (χ2n) is 6.33. The number of rotatable bonds is 3. The minimum absolute atomic E-state index is 0.0164. The van der Waals surface area contributed by atoms with E-state index < -0.39 is 0 Å². The Hall–Kier alpha value is -1.97. The minimum Gasteiger partial charge on any atom is -0.296 e. The van der Waals surface area contributed by atoms with Crippen molar-refractivity contribution in [1.82, 2.24) is 5.32 Å². The molecule has 0 spiro atoms. The molecule has 4 nitrogen and oxygen atoms in total. The molecule has 1 aromatic rings. The maximum atomic E-state index is 11.9. The average Bonchev–Trinajstić information content (AvgIpc) is 2.59. The summed E-state index contributed by atoms with van der Waals surface area (Å²) in [5, 5.41) is 2.25. The molecule has 1 fully saturated rings. The Labute approximate surface area is 152 Å². The first-order valence-electron chi connectivity index (χ1n) is 9.24. The number of aryl methyl sites for hydroxylation is 1. The van der Waals surface area contributed by atoms with Crippen LogP contribution in [0, 0.1) is 18.8 Å². The van der Waals surface area contributed by atoms with E-state index in [2.05, 4.69) is 25.2 Å². The van der Waals surface area contributed by atoms with Crippen molar-refractivity contribution in [2.75, 3.05) is 0 Å². The van der Waals surface area contributed by atoms with Crippen LogP contribution in [0.15, 0.2) is 18.2 Å². The number of imide groups is 1. The van der Waals surface area contributed by atoms with Gasteiger partial charge in [-0.05, 0) is 30.9 Å². The number of carbonyl (C=O) groups is 3. The molecule has 1 N–H and O–H groups in total. The Morgan fingerprint density at radius 1 is 1.24 bits per heavy atom. The third-order valence-electron chi connectivity index (χ3n) is 4.07. The maximum Gasteiger partial charge on any atom is 0.229 e. The molecule has 1 saturated heterocycles. The molecule has 1 heterocycles. The van der Waals surface area contributed by atoms with Crippen molar-refractivity contribution in [2.45, 2.75) is 67.7 Å². The van der Waals surface area contributed by atoms with Gasteiger partial charge in [0.25, 0.3) is 0 Å². The van der Waals surface area contributed by atoms with Gasteiger partial charge < -0.3 is 0 Å². The van der Waals surface area contributed by atoms with Crippen molar-refractivity contribution < 1.29 is 14.4 Å². The van der Waals surface area contributed by atoms with Crippen molar-refractivity contribution in [3.05, 3.63) is 34.9 Å². The zero-order chi connectivity index (χ0) is 19.6. The van der Waals surface area contributed by atoms with Crippen LogP contribution in [0.1, 0.15) is 75.9 Å². The molecule has 1 aliphatic rings. The average molecular weight is 347 g/mol. The van der Waals surface area contributed by atoms with Crippen LogP contribution in [-0.2, 0) is 16.0 Å². The molecule has 1 aliphatic heterocycles. The monoisotopic (exact) mass is 347 g/mol. The van der Waals surface area contributed by atoms with Crippen molar-refractivity contribution in [1.29, 1.82) is 0 Å². The fourth-order valence-electron chi connectivity index (χ4n) is 2.52. The molecule has 0 radical (unpaired) electrons. The predicted octanol–water partition coefficient (Wildman–Crippen LogP) is 4.48. The molecule has 1 unspecified atom stereocenters. The number of Topliss-reactive ketones (excluding diaryl/α,β-unsaturated/α-hetero) is 1. The summed E-state index contributed by atoms with van der Waals surface area (Å²) < 4.78 is 0. The second kappa shape index (κ2) is 11.6. The van der Waals surface area contributed by atoms with E-state index in [4.69, 9.17) is 0 Å². The fourth-order valence-corrected chi connectivity index (χ4v) is 2.52. The number of ketones is 1. The molecule has 2 amide bonds. The van der Waals surface area contributed by atoms with E-state index in [1.165, 1.54) is 11.1 Å². The summed E-state index contributed by atoms with van der Waals surface area (Å²) in [6.07, 6.45) is 2.12. The van der Waals surface area contributed by atoms with Gasteiger partial charge in [0.2, 0.25) is 11.8 Å². The van der Waals surface area contributed by atoms with Gasteiger partial charge in [-0.3, -0.25) is 19.7 Å². The van der Waals surface area contributed by atoms with Gasteiger partial charge in [-0.25, -0.2) is 0 Å². The normalized spacial score (nSPS) is 16.2. The van der Waals surface area contributed by atoms with Crippen LogP contribution < -0.4 is 5.32 Å². The zero-order valence-corrected chi connectivity index (χ0v) is 16.7. The number of amides is 2. The van der Waals surface area contributed by atoms with Gasteiger partial charge in [-0.1, -0.05) is 59.7 Å². The summed E-state index contributed by atoms with van der Waals surface area (Å²) >= 11 is 0. The van der Waals surface area contributed by atoms with Gasteiger partial charge >= 0.3 is 0 Å². The smallest absolute Gasteiger partial charge is 0.229 e. The highest BCUT2D eigenvalue weighted by Gasteiger charge is 2.21. The fraction of sp³-hybridized carbons (Fsp3) is 0.571. The topological polar surface area (TPSA) is 63.2 Å². The number of benzene rings is 1. The number of hydrogen-bond acceptors (Lipinski definition) is 3. The molecule has 140 valence electrons. The van der Waals surface area contributed by atoms with E-state index in [1.54, 1.807) is 0 Å². The van der Waals surface area contributed by atoms with Crippen LogP contribution >= 0.6 is 0 Å². The highest BCUT2D eigenvalue weighted by molar-refractivity contribution is 5.99. The molecule has 4 heteroatoms. The van der Waals surface area contributed by atoms with Gasteiger partial charge in [-0.2, -0.15) is 0 Å². The quantitative estimate of drug-likeness (QED) is 0.647. The van der Waals surface area contributed by atoms with Gasteiger partial charge in [0.1, 0.15) is 0 Å². The van der Waals surface area contributed by atoms with Crippen molar-refractivity contribution >= 4 is 17.6 Å². The van der Waals surface area contributed by atoms with Gasteiger partial charge in [0.05, 0.1) is 0 Å². The summed E-state index contributed by atoms with van der Waals surface area (Å²) in [6, 6.07) is 5.97. The molecule has 0 aromatic heterocycles. The molecular formula is C21H33NO3. The first kappa shape index (κ1) is 23.0. The third kappa shape index (κ3) is 7.20. The van der Waals surface area contributed by atoms with Crippen LogP contribution in [0.3, 0.4) is 0 Å². The van der Waals surface area contributed by atoms with Crippen LogP contribution in [0.25, 0.3) is 0 Å². The summed E-state index contributed by atoms with van der Waals surface area (Å²) in [6.45, 7) is 13.9. The highest BCUT2D eigenvalue weighted by atomic mass is 16.2. The summed E-state index contributed by atoms with van der Waals surface area (Å²) in [5.74, 6) is 0.0831. The molecule has 25 heavy (non-hydrogen) atoms. The van der Waals surface area contributed by atoms with E-state index in [9.17, 15) is 14.4 Å². The van der Waals surface area contributed by atoms with Gasteiger partial charge in [-0.15, -0.1) is 0 Å². The van der Waals surface area contributed by atoms with Crippen LogP contribution in [0.5, 0.6) is 0 Å². The standard InChI is InChI=1S/C13H18O.C6H9NO2.C2H6/c1-5-11-10(4)7-6-8-12(11)13(14)9(2)3;1-4-2-3-5(8)7-6(4)9;1-2/h6-9H,5H2,1-4H3;4H,2-3H2,1H3,(H,7,8,9);1-2H3. The Kier molecular flexibility index (Phi) is 10.7. The lowest BCUT2D eigenvalue weighted by Gasteiger charge is -2.15. The summed E-state index contributed by atoms with van der Waals surface area (Å²) in [4.78, 5) is 33.0. The van der Waals surface area contributed by atoms with Crippen molar-refractivity contribution in [2.24, 2.45) is 11.8 Å². The lowest BCUT2D eigenvalue weighted by atomic mass is 9.92. The number of nitrogens with one attached hydrogen (secondary N) is 1. The van der Waals surface area contributed by atoms with E-state index in [0.29, 0.717) is 12.8 Å². The first-order chi connectivity index (χ1) is 11.8. The molecule has 0 saturated carbocycles. The first-order valence-corrected chi connectivity index (χ1v) is 9.24. The Balaban J connectivity index is 0.000000451. The molecular weight excluding hydrogens is 314 g/mol. The second-order valence-corrected chi connectivity index (χ2v) is 6.33. The van der Waals surface area contributed by atoms with Crippen LogP contribution in [-0.4, -0.2) is 17.6 Å².